The van der Waals surface area contributed by atoms with Gasteiger partial charge in [-0.05, 0) is 29.6 Å². The summed E-state index contributed by atoms with van der Waals surface area (Å²) in [4.78, 5) is 35.3. The van der Waals surface area contributed by atoms with Crippen molar-refractivity contribution in [2.45, 2.75) is 0 Å². The van der Waals surface area contributed by atoms with Gasteiger partial charge in [-0.1, -0.05) is 18.2 Å². The summed E-state index contributed by atoms with van der Waals surface area (Å²) in [5.41, 5.74) is -0.698. The van der Waals surface area contributed by atoms with E-state index in [9.17, 15) is 24.8 Å². The Balaban J connectivity index is 2.44. The molecule has 0 aliphatic carbocycles. The molecule has 1 aromatic carbocycles. The zero-order valence-electron chi connectivity index (χ0n) is 11.6. The Labute approximate surface area is 135 Å². The summed E-state index contributed by atoms with van der Waals surface area (Å²) >= 11 is 4.90. The molecule has 1 aromatic rings. The highest BCUT2D eigenvalue weighted by Gasteiger charge is 2.32. The van der Waals surface area contributed by atoms with Crippen LogP contribution in [0.15, 0.2) is 36.4 Å². The minimum Gasteiger partial charge on any atom is -0.868 e. The van der Waals surface area contributed by atoms with Crippen molar-refractivity contribution in [1.82, 2.24) is 10.2 Å². The van der Waals surface area contributed by atoms with Crippen LogP contribution >= 0.6 is 12.2 Å². The van der Waals surface area contributed by atoms with E-state index in [4.69, 9.17) is 12.2 Å². The highest BCUT2D eigenvalue weighted by atomic mass is 32.1. The summed E-state index contributed by atoms with van der Waals surface area (Å²) in [7, 11) is 0. The standard InChI is InChI=1S/C14H11N3O5S/c1-2-5-16-13(20)9(12(19)15-14(16)23)6-8-3-4-11(18)10(7-8)17(21)22/h2-4,6-7,18H,1,5H2,(H,15,19,23)/p-1/b9-6+. The zero-order valence-corrected chi connectivity index (χ0v) is 12.5. The van der Waals surface area contributed by atoms with Crippen molar-refractivity contribution in [1.29, 1.82) is 0 Å². The van der Waals surface area contributed by atoms with Crippen molar-refractivity contribution in [3.63, 3.8) is 0 Å². The molecule has 2 rings (SSSR count). The molecular weight excluding hydrogens is 322 g/mol. The minimum atomic E-state index is -0.827. The van der Waals surface area contributed by atoms with Gasteiger partial charge in [-0.2, -0.15) is 0 Å². The highest BCUT2D eigenvalue weighted by molar-refractivity contribution is 7.80. The lowest BCUT2D eigenvalue weighted by atomic mass is 10.1. The molecule has 1 heterocycles. The summed E-state index contributed by atoms with van der Waals surface area (Å²) in [5.74, 6) is -2.12. The first-order chi connectivity index (χ1) is 10.8. The topological polar surface area (TPSA) is 116 Å². The first-order valence-electron chi connectivity index (χ1n) is 6.30. The molecule has 9 heteroatoms. The smallest absolute Gasteiger partial charge is 0.265 e. The molecule has 1 saturated heterocycles. The maximum atomic E-state index is 12.3. The van der Waals surface area contributed by atoms with E-state index in [2.05, 4.69) is 11.9 Å². The molecule has 0 bridgehead atoms. The lowest BCUT2D eigenvalue weighted by Gasteiger charge is -2.27. The number of nitrogens with zero attached hydrogens (tertiary/aromatic N) is 2. The maximum absolute atomic E-state index is 12.3. The average Bonchev–Trinajstić information content (AvgIpc) is 2.49. The van der Waals surface area contributed by atoms with E-state index < -0.39 is 28.2 Å². The van der Waals surface area contributed by atoms with E-state index in [0.717, 1.165) is 17.0 Å². The fourth-order valence-electron chi connectivity index (χ4n) is 1.92. The number of benzene rings is 1. The molecule has 1 N–H and O–H groups in total. The number of amides is 2. The highest BCUT2D eigenvalue weighted by Crippen LogP contribution is 2.25. The molecule has 8 nitrogen and oxygen atoms in total. The molecule has 1 aliphatic heterocycles. The van der Waals surface area contributed by atoms with Crippen LogP contribution in [0.2, 0.25) is 0 Å². The van der Waals surface area contributed by atoms with Crippen LogP contribution in [0.5, 0.6) is 5.75 Å². The van der Waals surface area contributed by atoms with Crippen LogP contribution in [-0.4, -0.2) is 33.3 Å². The monoisotopic (exact) mass is 332 g/mol. The average molecular weight is 332 g/mol. The Kier molecular flexibility index (Phi) is 4.51. The second-order valence-electron chi connectivity index (χ2n) is 4.51. The molecule has 0 unspecified atom stereocenters. The van der Waals surface area contributed by atoms with Gasteiger partial charge in [0, 0.05) is 12.6 Å². The van der Waals surface area contributed by atoms with Crippen LogP contribution in [0, 0.1) is 10.1 Å². The number of hydrogen-bond donors (Lipinski definition) is 1. The van der Waals surface area contributed by atoms with Gasteiger partial charge in [-0.25, -0.2) is 0 Å². The molecule has 0 aromatic heterocycles. The summed E-state index contributed by atoms with van der Waals surface area (Å²) in [6.07, 6.45) is 2.61. The fraction of sp³-hybridized carbons (Fsp3) is 0.0714. The van der Waals surface area contributed by atoms with Gasteiger partial charge in [-0.15, -0.1) is 6.58 Å². The Bertz CT molecular complexity index is 772. The van der Waals surface area contributed by atoms with Crippen LogP contribution in [-0.2, 0) is 9.59 Å². The van der Waals surface area contributed by atoms with Crippen molar-refractivity contribution in [2.24, 2.45) is 0 Å². The second kappa shape index (κ2) is 6.36. The van der Waals surface area contributed by atoms with Gasteiger partial charge in [0.1, 0.15) is 5.57 Å². The van der Waals surface area contributed by atoms with Crippen LogP contribution in [0.25, 0.3) is 6.08 Å². The van der Waals surface area contributed by atoms with Gasteiger partial charge in [0.15, 0.2) is 5.11 Å². The van der Waals surface area contributed by atoms with E-state index in [1.54, 1.807) is 0 Å². The van der Waals surface area contributed by atoms with Gasteiger partial charge in [0.05, 0.1) is 4.92 Å². The van der Waals surface area contributed by atoms with Gasteiger partial charge < -0.3 is 5.11 Å². The Morgan fingerprint density at radius 2 is 2.09 bits per heavy atom. The summed E-state index contributed by atoms with van der Waals surface area (Å²) in [6.45, 7) is 3.60. The van der Waals surface area contributed by atoms with E-state index in [1.165, 1.54) is 18.2 Å². The number of hydrogen-bond acceptors (Lipinski definition) is 6. The van der Waals surface area contributed by atoms with Crippen LogP contribution in [0.3, 0.4) is 0 Å². The normalized spacial score (nSPS) is 16.4. The van der Waals surface area contributed by atoms with Gasteiger partial charge in [-0.3, -0.25) is 29.9 Å². The number of nitrogens with one attached hydrogen (secondary N) is 1. The molecule has 0 spiro atoms. The lowest BCUT2D eigenvalue weighted by molar-refractivity contribution is -0.398. The molecule has 23 heavy (non-hydrogen) atoms. The van der Waals surface area contributed by atoms with Crippen molar-refractivity contribution >= 4 is 40.9 Å². The van der Waals surface area contributed by atoms with E-state index >= 15 is 0 Å². The number of nitro groups is 1. The molecule has 118 valence electrons. The Hall–Kier alpha value is -3.07. The number of thiocarbonyl (C=S) groups is 1. The number of nitro benzene ring substituents is 1. The van der Waals surface area contributed by atoms with Crippen LogP contribution < -0.4 is 10.4 Å². The summed E-state index contributed by atoms with van der Waals surface area (Å²) in [5, 5.41) is 24.5. The Morgan fingerprint density at radius 1 is 1.39 bits per heavy atom. The second-order valence-corrected chi connectivity index (χ2v) is 4.89. The quantitative estimate of drug-likeness (QED) is 0.214. The molecule has 1 aliphatic rings. The van der Waals surface area contributed by atoms with E-state index in [0.29, 0.717) is 0 Å². The molecule has 0 radical (unpaired) electrons. The van der Waals surface area contributed by atoms with E-state index in [1.807, 2.05) is 0 Å². The maximum Gasteiger partial charge on any atom is 0.265 e. The van der Waals surface area contributed by atoms with Crippen molar-refractivity contribution in [3.05, 3.63) is 52.1 Å². The third kappa shape index (κ3) is 3.24. The number of carbonyl (C=O) groups excluding carboxylic acids is 2. The number of rotatable bonds is 4. The van der Waals surface area contributed by atoms with Crippen molar-refractivity contribution in [3.8, 4) is 5.75 Å². The van der Waals surface area contributed by atoms with Crippen LogP contribution in [0.4, 0.5) is 5.69 Å². The fourth-order valence-corrected chi connectivity index (χ4v) is 2.17. The predicted molar refractivity (Wildman–Crippen MR) is 83.2 cm³/mol. The minimum absolute atomic E-state index is 0.0436. The molecule has 2 amide bonds. The molecule has 0 saturated carbocycles. The van der Waals surface area contributed by atoms with Crippen molar-refractivity contribution < 1.29 is 19.6 Å². The summed E-state index contributed by atoms with van der Waals surface area (Å²) in [6, 6.07) is 3.29. The largest absolute Gasteiger partial charge is 0.868 e. The third-order valence-corrected chi connectivity index (χ3v) is 3.31. The van der Waals surface area contributed by atoms with Crippen LogP contribution in [0.1, 0.15) is 5.56 Å². The number of carbonyl (C=O) groups is 2. The predicted octanol–water partition coefficient (Wildman–Crippen LogP) is 0.481. The molecule has 1 fully saturated rings. The SMILES string of the molecule is C=CCN1C(=O)/C(=C/c2ccc([O-])c([N+](=O)[O-])c2)C(=O)NC1=S. The van der Waals surface area contributed by atoms with Gasteiger partial charge in [0.25, 0.3) is 17.5 Å². The van der Waals surface area contributed by atoms with Gasteiger partial charge in [0.2, 0.25) is 0 Å². The third-order valence-electron chi connectivity index (χ3n) is 2.99. The van der Waals surface area contributed by atoms with E-state index in [-0.39, 0.29) is 22.8 Å². The van der Waals surface area contributed by atoms with Gasteiger partial charge >= 0.3 is 0 Å². The molecule has 0 atom stereocenters. The Morgan fingerprint density at radius 3 is 2.70 bits per heavy atom. The molecular formula is C14H10N3O5S-. The first-order valence-corrected chi connectivity index (χ1v) is 6.71. The van der Waals surface area contributed by atoms with Crippen molar-refractivity contribution in [2.75, 3.05) is 6.54 Å². The summed E-state index contributed by atoms with van der Waals surface area (Å²) < 4.78 is 0. The first kappa shape index (κ1) is 16.3. The zero-order chi connectivity index (χ0) is 17.1. The lowest BCUT2D eigenvalue weighted by Crippen LogP contribution is -2.53.